The summed E-state index contributed by atoms with van der Waals surface area (Å²) in [5, 5.41) is 4.45. The number of rotatable bonds is 5. The van der Waals surface area contributed by atoms with Crippen LogP contribution in [0, 0.1) is 0 Å². The van der Waals surface area contributed by atoms with E-state index in [0.717, 1.165) is 43.8 Å². The highest BCUT2D eigenvalue weighted by Crippen LogP contribution is 2.28. The summed E-state index contributed by atoms with van der Waals surface area (Å²) in [5.41, 5.74) is 2.70. The normalized spacial score (nSPS) is 23.6. The molecule has 1 saturated heterocycles. The smallest absolute Gasteiger partial charge is 0.0413 e. The Balaban J connectivity index is 1.73. The fraction of sp³-hybridized carbons (Fsp3) is 0.647. The molecule has 4 heteroatoms. The van der Waals surface area contributed by atoms with Crippen LogP contribution in [0.5, 0.6) is 0 Å². The van der Waals surface area contributed by atoms with E-state index < -0.39 is 0 Å². The minimum Gasteiger partial charge on any atom is -0.368 e. The molecule has 1 unspecified atom stereocenters. The second kappa shape index (κ2) is 6.55. The Morgan fingerprint density at radius 3 is 2.76 bits per heavy atom. The highest BCUT2D eigenvalue weighted by atomic mass is 35.5. The highest BCUT2D eigenvalue weighted by molar-refractivity contribution is 6.30. The van der Waals surface area contributed by atoms with Crippen LogP contribution >= 0.6 is 11.6 Å². The van der Waals surface area contributed by atoms with E-state index >= 15 is 0 Å². The molecular formula is C17H26ClN3. The molecule has 3 nitrogen and oxygen atoms in total. The van der Waals surface area contributed by atoms with Crippen molar-refractivity contribution < 1.29 is 0 Å². The summed E-state index contributed by atoms with van der Waals surface area (Å²) in [6.07, 6.45) is 2.64. The van der Waals surface area contributed by atoms with E-state index in [4.69, 9.17) is 11.6 Å². The molecule has 2 aliphatic rings. The molecule has 1 N–H and O–H groups in total. The Labute approximate surface area is 133 Å². The Bertz CT molecular complexity index is 487. The Hall–Kier alpha value is -0.770. The number of halogens is 1. The van der Waals surface area contributed by atoms with E-state index in [1.54, 1.807) is 0 Å². The maximum absolute atomic E-state index is 6.21. The molecule has 0 aromatic heterocycles. The highest BCUT2D eigenvalue weighted by Gasteiger charge is 2.25. The van der Waals surface area contributed by atoms with E-state index in [2.05, 4.69) is 41.1 Å². The van der Waals surface area contributed by atoms with Gasteiger partial charge in [-0.1, -0.05) is 18.5 Å². The molecule has 0 spiro atoms. The first kappa shape index (κ1) is 15.1. The first-order chi connectivity index (χ1) is 10.2. The summed E-state index contributed by atoms with van der Waals surface area (Å²) in [7, 11) is 0. The summed E-state index contributed by atoms with van der Waals surface area (Å²) in [5.74, 6) is 0. The molecule has 2 fully saturated rings. The number of benzene rings is 1. The minimum absolute atomic E-state index is 0.615. The summed E-state index contributed by atoms with van der Waals surface area (Å²) in [4.78, 5) is 5.08. The van der Waals surface area contributed by atoms with Crippen LogP contribution in [0.25, 0.3) is 0 Å². The first-order valence-corrected chi connectivity index (χ1v) is 8.56. The van der Waals surface area contributed by atoms with Gasteiger partial charge in [0.1, 0.15) is 0 Å². The lowest BCUT2D eigenvalue weighted by Gasteiger charge is -2.41. The van der Waals surface area contributed by atoms with Gasteiger partial charge in [-0.25, -0.2) is 0 Å². The SMILES string of the molecule is CCN1CCN(c2ccc(Cl)cc2CNC2CC2)CC1C. The van der Waals surface area contributed by atoms with E-state index in [1.807, 2.05) is 6.07 Å². The molecule has 116 valence electrons. The van der Waals surface area contributed by atoms with Gasteiger partial charge in [0.15, 0.2) is 0 Å². The lowest BCUT2D eigenvalue weighted by molar-refractivity contribution is 0.199. The number of anilines is 1. The van der Waals surface area contributed by atoms with Gasteiger partial charge in [-0.2, -0.15) is 0 Å². The first-order valence-electron chi connectivity index (χ1n) is 8.18. The van der Waals surface area contributed by atoms with Gasteiger partial charge >= 0.3 is 0 Å². The Kier molecular flexibility index (Phi) is 4.72. The molecule has 0 bridgehead atoms. The van der Waals surface area contributed by atoms with Gasteiger partial charge in [0.25, 0.3) is 0 Å². The lowest BCUT2D eigenvalue weighted by atomic mass is 10.1. The third-order valence-corrected chi connectivity index (χ3v) is 4.95. The number of hydrogen-bond donors (Lipinski definition) is 1. The standard InChI is InChI=1S/C17H26ClN3/c1-3-20-8-9-21(12-13(20)2)17-7-4-15(18)10-14(17)11-19-16-5-6-16/h4,7,10,13,16,19H,3,5-6,8-9,11-12H2,1-2H3. The predicted octanol–water partition coefficient (Wildman–Crippen LogP) is 3.12. The fourth-order valence-corrected chi connectivity index (χ4v) is 3.42. The second-order valence-corrected chi connectivity index (χ2v) is 6.79. The summed E-state index contributed by atoms with van der Waals surface area (Å²) < 4.78 is 0. The monoisotopic (exact) mass is 307 g/mol. The largest absolute Gasteiger partial charge is 0.368 e. The molecule has 3 rings (SSSR count). The minimum atomic E-state index is 0.615. The van der Waals surface area contributed by atoms with E-state index in [9.17, 15) is 0 Å². The zero-order chi connectivity index (χ0) is 14.8. The van der Waals surface area contributed by atoms with Crippen molar-refractivity contribution in [2.75, 3.05) is 31.1 Å². The molecule has 1 aliphatic carbocycles. The molecule has 1 atom stereocenters. The van der Waals surface area contributed by atoms with Crippen LogP contribution in [0.2, 0.25) is 5.02 Å². The third-order valence-electron chi connectivity index (χ3n) is 4.71. The summed E-state index contributed by atoms with van der Waals surface area (Å²) >= 11 is 6.21. The lowest BCUT2D eigenvalue weighted by Crippen LogP contribution is -2.52. The van der Waals surface area contributed by atoms with E-state index in [1.165, 1.54) is 24.1 Å². The van der Waals surface area contributed by atoms with Gasteiger partial charge in [-0.05, 0) is 50.1 Å². The van der Waals surface area contributed by atoms with Crippen LogP contribution in [0.15, 0.2) is 18.2 Å². The van der Waals surface area contributed by atoms with Crippen molar-refractivity contribution in [3.8, 4) is 0 Å². The molecule has 0 radical (unpaired) electrons. The maximum atomic E-state index is 6.21. The van der Waals surface area contributed by atoms with E-state index in [-0.39, 0.29) is 0 Å². The predicted molar refractivity (Wildman–Crippen MR) is 90.2 cm³/mol. The summed E-state index contributed by atoms with van der Waals surface area (Å²) in [6.45, 7) is 10.0. The zero-order valence-corrected chi connectivity index (χ0v) is 13.9. The van der Waals surface area contributed by atoms with Crippen LogP contribution in [0.1, 0.15) is 32.3 Å². The van der Waals surface area contributed by atoms with Gasteiger partial charge in [-0.15, -0.1) is 0 Å². The molecule has 1 aromatic carbocycles. The number of piperazine rings is 1. The average Bonchev–Trinajstić information content (AvgIpc) is 3.29. The van der Waals surface area contributed by atoms with Gasteiger partial charge in [0.2, 0.25) is 0 Å². The van der Waals surface area contributed by atoms with Crippen molar-refractivity contribution >= 4 is 17.3 Å². The van der Waals surface area contributed by atoms with Gasteiger partial charge < -0.3 is 10.2 Å². The van der Waals surface area contributed by atoms with Crippen molar-refractivity contribution in [3.05, 3.63) is 28.8 Å². The quantitative estimate of drug-likeness (QED) is 0.901. The van der Waals surface area contributed by atoms with Crippen LogP contribution in [0.3, 0.4) is 0 Å². The molecule has 0 amide bonds. The van der Waals surface area contributed by atoms with Crippen LogP contribution < -0.4 is 10.2 Å². The number of hydrogen-bond acceptors (Lipinski definition) is 3. The number of nitrogens with zero attached hydrogens (tertiary/aromatic N) is 2. The zero-order valence-electron chi connectivity index (χ0n) is 13.1. The van der Waals surface area contributed by atoms with Crippen molar-refractivity contribution in [3.63, 3.8) is 0 Å². The van der Waals surface area contributed by atoms with Crippen molar-refractivity contribution in [1.82, 2.24) is 10.2 Å². The van der Waals surface area contributed by atoms with Crippen molar-refractivity contribution in [2.24, 2.45) is 0 Å². The molecule has 1 saturated carbocycles. The average molecular weight is 308 g/mol. The fourth-order valence-electron chi connectivity index (χ4n) is 3.23. The number of nitrogens with one attached hydrogen (secondary N) is 1. The van der Waals surface area contributed by atoms with Crippen LogP contribution in [0.4, 0.5) is 5.69 Å². The molecule has 1 heterocycles. The van der Waals surface area contributed by atoms with Gasteiger partial charge in [0.05, 0.1) is 0 Å². The third kappa shape index (κ3) is 3.71. The topological polar surface area (TPSA) is 18.5 Å². The molecular weight excluding hydrogens is 282 g/mol. The summed E-state index contributed by atoms with van der Waals surface area (Å²) in [6, 6.07) is 7.69. The van der Waals surface area contributed by atoms with Crippen molar-refractivity contribution in [2.45, 2.75) is 45.3 Å². The molecule has 21 heavy (non-hydrogen) atoms. The number of likely N-dealkylation sites (N-methyl/N-ethyl adjacent to an activating group) is 1. The second-order valence-electron chi connectivity index (χ2n) is 6.35. The van der Waals surface area contributed by atoms with Gasteiger partial charge in [-0.3, -0.25) is 4.90 Å². The maximum Gasteiger partial charge on any atom is 0.0413 e. The van der Waals surface area contributed by atoms with Crippen LogP contribution in [-0.2, 0) is 6.54 Å². The molecule has 1 aliphatic heterocycles. The van der Waals surface area contributed by atoms with E-state index in [0.29, 0.717) is 6.04 Å². The van der Waals surface area contributed by atoms with Crippen LogP contribution in [-0.4, -0.2) is 43.2 Å². The Morgan fingerprint density at radius 2 is 2.10 bits per heavy atom. The Morgan fingerprint density at radius 1 is 1.29 bits per heavy atom. The van der Waals surface area contributed by atoms with Gasteiger partial charge in [0, 0.05) is 49.0 Å². The molecule has 1 aromatic rings. The van der Waals surface area contributed by atoms with Crippen molar-refractivity contribution in [1.29, 1.82) is 0 Å².